The second kappa shape index (κ2) is 8.31. The second-order valence-corrected chi connectivity index (χ2v) is 8.15. The first-order chi connectivity index (χ1) is 12.8. The maximum absolute atomic E-state index is 11.9. The predicted octanol–water partition coefficient (Wildman–Crippen LogP) is 4.11. The molecular weight excluding hydrogens is 366 g/mol. The van der Waals surface area contributed by atoms with Crippen LogP contribution in [0.2, 0.25) is 5.02 Å². The van der Waals surface area contributed by atoms with E-state index in [0.29, 0.717) is 28.2 Å². The summed E-state index contributed by atoms with van der Waals surface area (Å²) < 4.78 is 5.42. The summed E-state index contributed by atoms with van der Waals surface area (Å²) in [5.41, 5.74) is 0.741. The highest BCUT2D eigenvalue weighted by Gasteiger charge is 2.29. The van der Waals surface area contributed by atoms with E-state index in [1.165, 1.54) is 0 Å². The molecule has 0 radical (unpaired) electrons. The molecule has 1 aromatic carbocycles. The summed E-state index contributed by atoms with van der Waals surface area (Å²) in [6, 6.07) is 6.88. The van der Waals surface area contributed by atoms with Crippen LogP contribution in [-0.2, 0) is 0 Å². The lowest BCUT2D eigenvalue weighted by atomic mass is 10.1. The molecule has 1 aromatic heterocycles. The van der Waals surface area contributed by atoms with Crippen molar-refractivity contribution in [2.45, 2.75) is 20.3 Å². The highest BCUT2D eigenvalue weighted by molar-refractivity contribution is 6.30. The number of hydrogen-bond acceptors (Lipinski definition) is 5. The number of nitrogens with zero attached hydrogens (tertiary/aromatic N) is 3. The maximum atomic E-state index is 11.9. The van der Waals surface area contributed by atoms with Gasteiger partial charge in [-0.2, -0.15) is 0 Å². The van der Waals surface area contributed by atoms with Gasteiger partial charge in [0.2, 0.25) is 0 Å². The van der Waals surface area contributed by atoms with Crippen LogP contribution in [0.5, 0.6) is 0 Å². The normalized spacial score (nSPS) is 17.6. The molecular formula is C20H26ClN3O3. The van der Waals surface area contributed by atoms with E-state index in [-0.39, 0.29) is 11.3 Å². The fraction of sp³-hybridized carbons (Fsp3) is 0.500. The van der Waals surface area contributed by atoms with Crippen molar-refractivity contribution in [3.63, 3.8) is 0 Å². The Morgan fingerprint density at radius 3 is 2.74 bits per heavy atom. The van der Waals surface area contributed by atoms with Crippen molar-refractivity contribution in [2.24, 2.45) is 11.8 Å². The molecule has 1 aliphatic rings. The van der Waals surface area contributed by atoms with E-state index in [4.69, 9.17) is 16.1 Å². The van der Waals surface area contributed by atoms with E-state index in [2.05, 4.69) is 23.9 Å². The smallest absolute Gasteiger partial charge is 0.343 e. The van der Waals surface area contributed by atoms with E-state index in [1.54, 1.807) is 24.3 Å². The molecule has 1 saturated heterocycles. The van der Waals surface area contributed by atoms with Crippen LogP contribution in [-0.4, -0.2) is 54.4 Å². The van der Waals surface area contributed by atoms with Crippen molar-refractivity contribution in [2.75, 3.05) is 38.1 Å². The van der Waals surface area contributed by atoms with Crippen LogP contribution in [0.15, 0.2) is 28.8 Å². The Bertz CT molecular complexity index is 788. The first-order valence-corrected chi connectivity index (χ1v) is 9.65. The molecule has 1 fully saturated rings. The summed E-state index contributed by atoms with van der Waals surface area (Å²) in [6.45, 7) is 8.44. The molecule has 27 heavy (non-hydrogen) atoms. The van der Waals surface area contributed by atoms with Gasteiger partial charge in [0.05, 0.1) is 0 Å². The van der Waals surface area contributed by atoms with Crippen molar-refractivity contribution >= 4 is 23.4 Å². The number of carbonyl (C=O) groups is 1. The highest BCUT2D eigenvalue weighted by Crippen LogP contribution is 2.32. The third kappa shape index (κ3) is 4.62. The number of aromatic carboxylic acids is 1. The number of benzene rings is 1. The first kappa shape index (κ1) is 19.7. The van der Waals surface area contributed by atoms with Crippen LogP contribution < -0.4 is 4.90 Å². The van der Waals surface area contributed by atoms with E-state index in [9.17, 15) is 9.90 Å². The predicted molar refractivity (Wildman–Crippen MR) is 107 cm³/mol. The van der Waals surface area contributed by atoms with Crippen LogP contribution >= 0.6 is 11.6 Å². The number of aromatic nitrogens is 1. The molecule has 1 unspecified atom stereocenters. The largest absolute Gasteiger partial charge is 0.477 e. The van der Waals surface area contributed by atoms with Gasteiger partial charge in [-0.1, -0.05) is 30.6 Å². The average Bonchev–Trinajstić information content (AvgIpc) is 3.22. The summed E-state index contributed by atoms with van der Waals surface area (Å²) in [7, 11) is 1.88. The lowest BCUT2D eigenvalue weighted by molar-refractivity contribution is 0.0698. The molecule has 2 heterocycles. The van der Waals surface area contributed by atoms with Gasteiger partial charge in [-0.3, -0.25) is 0 Å². The Balaban J connectivity index is 1.76. The van der Waals surface area contributed by atoms with Gasteiger partial charge in [0, 0.05) is 37.3 Å². The van der Waals surface area contributed by atoms with Gasteiger partial charge in [-0.25, -0.2) is 4.79 Å². The van der Waals surface area contributed by atoms with E-state index in [1.807, 2.05) is 11.9 Å². The fourth-order valence-corrected chi connectivity index (χ4v) is 3.88. The Hall–Kier alpha value is -2.05. The van der Waals surface area contributed by atoms with Crippen molar-refractivity contribution < 1.29 is 14.4 Å². The van der Waals surface area contributed by atoms with Crippen molar-refractivity contribution in [3.05, 3.63) is 34.9 Å². The molecule has 2 aromatic rings. The highest BCUT2D eigenvalue weighted by atomic mass is 35.5. The minimum Gasteiger partial charge on any atom is -0.477 e. The summed E-state index contributed by atoms with van der Waals surface area (Å²) in [5, 5.41) is 14.4. The van der Waals surface area contributed by atoms with Gasteiger partial charge < -0.3 is 19.4 Å². The molecule has 146 valence electrons. The number of halogens is 1. The van der Waals surface area contributed by atoms with Crippen LogP contribution in [0.1, 0.15) is 30.6 Å². The molecule has 0 amide bonds. The number of rotatable bonds is 7. The fourth-order valence-electron chi connectivity index (χ4n) is 3.75. The molecule has 1 aliphatic heterocycles. The minimum absolute atomic E-state index is 0.0943. The number of anilines is 1. The lowest BCUT2D eigenvalue weighted by Crippen LogP contribution is -2.30. The molecule has 7 heteroatoms. The summed E-state index contributed by atoms with van der Waals surface area (Å²) in [4.78, 5) is 16.3. The Kier molecular flexibility index (Phi) is 6.07. The van der Waals surface area contributed by atoms with Gasteiger partial charge in [-0.15, -0.1) is 0 Å². The molecule has 0 saturated carbocycles. The molecule has 3 rings (SSSR count). The number of carboxylic acids is 1. The van der Waals surface area contributed by atoms with E-state index >= 15 is 0 Å². The second-order valence-electron chi connectivity index (χ2n) is 7.71. The molecule has 1 N–H and O–H groups in total. The third-order valence-corrected chi connectivity index (χ3v) is 5.13. The van der Waals surface area contributed by atoms with Gasteiger partial charge in [0.25, 0.3) is 0 Å². The Labute approximate surface area is 164 Å². The molecule has 0 spiro atoms. The van der Waals surface area contributed by atoms with E-state index in [0.717, 1.165) is 32.6 Å². The average molecular weight is 392 g/mol. The van der Waals surface area contributed by atoms with Gasteiger partial charge in [0.1, 0.15) is 0 Å². The minimum atomic E-state index is -1.05. The molecule has 0 aliphatic carbocycles. The van der Waals surface area contributed by atoms with Crippen LogP contribution in [0.3, 0.4) is 0 Å². The first-order valence-electron chi connectivity index (χ1n) is 9.27. The third-order valence-electron chi connectivity index (χ3n) is 4.88. The zero-order valence-corrected chi connectivity index (χ0v) is 16.7. The lowest BCUT2D eigenvalue weighted by Gasteiger charge is -2.22. The number of carboxylic acid groups (broad SMARTS) is 1. The van der Waals surface area contributed by atoms with Gasteiger partial charge in [-0.05, 0) is 49.1 Å². The maximum Gasteiger partial charge on any atom is 0.343 e. The zero-order valence-electron chi connectivity index (χ0n) is 16.0. The SMILES string of the molecule is CC(C)CN1CCC(CN(C)c2noc(-c3ccc(Cl)cc3)c2C(=O)O)C1. The Morgan fingerprint density at radius 1 is 1.41 bits per heavy atom. The number of hydrogen-bond donors (Lipinski definition) is 1. The van der Waals surface area contributed by atoms with Crippen LogP contribution in [0, 0.1) is 11.8 Å². The zero-order chi connectivity index (χ0) is 19.6. The standard InChI is InChI=1S/C20H26ClN3O3/c1-13(2)10-24-9-8-14(12-24)11-23(3)19-17(20(25)26)18(27-22-19)15-4-6-16(21)7-5-15/h4-7,13-14H,8-12H2,1-3H3,(H,25,26). The quantitative estimate of drug-likeness (QED) is 0.766. The molecule has 1 atom stereocenters. The van der Waals surface area contributed by atoms with Crippen LogP contribution in [0.4, 0.5) is 5.82 Å². The summed E-state index contributed by atoms with van der Waals surface area (Å²) in [5.74, 6) is 0.725. The van der Waals surface area contributed by atoms with Crippen molar-refractivity contribution in [1.82, 2.24) is 10.1 Å². The van der Waals surface area contributed by atoms with Gasteiger partial charge >= 0.3 is 5.97 Å². The van der Waals surface area contributed by atoms with Crippen LogP contribution in [0.25, 0.3) is 11.3 Å². The Morgan fingerprint density at radius 2 is 2.11 bits per heavy atom. The monoisotopic (exact) mass is 391 g/mol. The summed E-state index contributed by atoms with van der Waals surface area (Å²) >= 11 is 5.92. The summed E-state index contributed by atoms with van der Waals surface area (Å²) in [6.07, 6.45) is 1.11. The molecule has 0 bridgehead atoms. The topological polar surface area (TPSA) is 69.8 Å². The molecule has 6 nitrogen and oxygen atoms in total. The van der Waals surface area contributed by atoms with Crippen molar-refractivity contribution in [1.29, 1.82) is 0 Å². The van der Waals surface area contributed by atoms with Crippen molar-refractivity contribution in [3.8, 4) is 11.3 Å². The van der Waals surface area contributed by atoms with E-state index < -0.39 is 5.97 Å². The van der Waals surface area contributed by atoms with Gasteiger partial charge in [0.15, 0.2) is 17.1 Å². The number of likely N-dealkylation sites (tertiary alicyclic amines) is 1.